The lowest BCUT2D eigenvalue weighted by Crippen LogP contribution is -2.74. The highest BCUT2D eigenvalue weighted by Gasteiger charge is 2.69. The van der Waals surface area contributed by atoms with Crippen molar-refractivity contribution >= 4 is 34.9 Å². The summed E-state index contributed by atoms with van der Waals surface area (Å²) in [5.74, 6) is -11.6. The van der Waals surface area contributed by atoms with E-state index in [1.54, 1.807) is 0 Å². The second-order valence-electron chi connectivity index (χ2n) is 9.97. The molecule has 3 aliphatic rings. The van der Waals surface area contributed by atoms with Crippen LogP contribution in [0.4, 0.5) is 0 Å². The Bertz CT molecular complexity index is 1210. The molecule has 3 unspecified atom stereocenters. The minimum Gasteiger partial charge on any atom is -0.507 e. The monoisotopic (exact) mass is 485 g/mol. The topological polar surface area (TPSA) is 175 Å². The van der Waals surface area contributed by atoms with E-state index in [0.29, 0.717) is 0 Å². The number of aromatic hydroxyl groups is 1. The second kappa shape index (κ2) is 8.06. The molecule has 0 saturated heterocycles. The highest BCUT2D eigenvalue weighted by atomic mass is 16.3. The quantitative estimate of drug-likeness (QED) is 0.433. The van der Waals surface area contributed by atoms with Crippen LogP contribution in [0.3, 0.4) is 0 Å². The van der Waals surface area contributed by atoms with Gasteiger partial charge in [0, 0.05) is 25.6 Å². The molecule has 1 aromatic carbocycles. The normalized spacial score (nSPS) is 32.1. The lowest BCUT2D eigenvalue weighted by atomic mass is 9.52. The average Bonchev–Trinajstić information content (AvgIpc) is 2.75. The fourth-order valence-electron chi connectivity index (χ4n) is 6.05. The van der Waals surface area contributed by atoms with E-state index in [4.69, 9.17) is 5.73 Å². The molecule has 2 amide bonds. The van der Waals surface area contributed by atoms with E-state index in [1.807, 2.05) is 0 Å². The van der Waals surface area contributed by atoms with E-state index in [2.05, 4.69) is 0 Å². The number of Topliss-reactive ketones (excluding diaryl/α,β-unsaturated/α-hetero) is 4. The van der Waals surface area contributed by atoms with Gasteiger partial charge >= 0.3 is 0 Å². The second-order valence-corrected chi connectivity index (χ2v) is 9.97. The zero-order valence-electron chi connectivity index (χ0n) is 19.8. The molecule has 0 radical (unpaired) electrons. The predicted molar refractivity (Wildman–Crippen MR) is 119 cm³/mol. The molecule has 6 atom stereocenters. The number of benzene rings is 1. The van der Waals surface area contributed by atoms with Crippen LogP contribution >= 0.6 is 0 Å². The molecule has 4 rings (SSSR count). The first-order chi connectivity index (χ1) is 16.2. The van der Waals surface area contributed by atoms with Gasteiger partial charge in [0.15, 0.2) is 34.7 Å². The molecule has 186 valence electrons. The van der Waals surface area contributed by atoms with Gasteiger partial charge in [-0.1, -0.05) is 0 Å². The summed E-state index contributed by atoms with van der Waals surface area (Å²) in [4.78, 5) is 81.0. The molecular formula is C24H27N3O8. The van der Waals surface area contributed by atoms with Crippen molar-refractivity contribution in [3.05, 3.63) is 28.8 Å². The van der Waals surface area contributed by atoms with Gasteiger partial charge in [-0.15, -0.1) is 0 Å². The smallest absolute Gasteiger partial charge is 0.253 e. The van der Waals surface area contributed by atoms with Crippen LogP contribution < -0.4 is 5.73 Å². The molecule has 0 aliphatic heterocycles. The summed E-state index contributed by atoms with van der Waals surface area (Å²) in [5, 5.41) is 22.0. The minimum atomic E-state index is -2.77. The van der Waals surface area contributed by atoms with E-state index < -0.39 is 76.0 Å². The molecule has 0 heterocycles. The summed E-state index contributed by atoms with van der Waals surface area (Å²) in [6, 6.07) is 1.41. The van der Waals surface area contributed by atoms with Crippen LogP contribution in [-0.4, -0.2) is 94.8 Å². The van der Waals surface area contributed by atoms with Crippen molar-refractivity contribution in [1.82, 2.24) is 9.80 Å². The molecule has 2 saturated carbocycles. The number of phenols is 1. The third kappa shape index (κ3) is 3.25. The van der Waals surface area contributed by atoms with Gasteiger partial charge in [-0.3, -0.25) is 33.7 Å². The lowest BCUT2D eigenvalue weighted by molar-refractivity contribution is -0.181. The van der Waals surface area contributed by atoms with E-state index in [0.717, 1.165) is 0 Å². The Morgan fingerprint density at radius 2 is 1.69 bits per heavy atom. The van der Waals surface area contributed by atoms with E-state index >= 15 is 0 Å². The molecule has 0 bridgehead atoms. The summed E-state index contributed by atoms with van der Waals surface area (Å²) in [6.45, 7) is 0. The van der Waals surface area contributed by atoms with Crippen LogP contribution in [-0.2, 0) is 25.6 Å². The number of likely N-dealkylation sites (N-methyl/N-ethyl adjacent to an activating group) is 1. The molecule has 2 fully saturated rings. The van der Waals surface area contributed by atoms with Gasteiger partial charge in [0.2, 0.25) is 5.91 Å². The number of primary amides is 1. The van der Waals surface area contributed by atoms with Crippen molar-refractivity contribution in [2.24, 2.45) is 29.4 Å². The third-order valence-electron chi connectivity index (χ3n) is 7.58. The number of phenolic OH excluding ortho intramolecular Hbond substituents is 1. The fraction of sp³-hybridized carbons (Fsp3) is 0.500. The number of carbonyl (C=O) groups is 6. The minimum absolute atomic E-state index is 0.0369. The number of nitrogens with two attached hydrogens (primary N) is 1. The Hall–Kier alpha value is -3.44. The Morgan fingerprint density at radius 3 is 2.23 bits per heavy atom. The van der Waals surface area contributed by atoms with Crippen molar-refractivity contribution in [2.45, 2.75) is 24.5 Å². The lowest BCUT2D eigenvalue weighted by Gasteiger charge is -2.52. The standard InChI is InChI=1S/C24H27N3O8/c1-26(2)17-12-8-9-7-11-10(23(34)27(3)4)5-6-13(28)15(11)18(29)14(9)20(31)24(12,35)21(32)16(19(17)30)22(25)33/h5-6,9,12,14,16-17,28,35H,7-8H2,1-4H3,(H2,25,33)/t9-,12-,14?,16?,17?,24-/m0/s1. The average molecular weight is 485 g/mol. The van der Waals surface area contributed by atoms with Crippen molar-refractivity contribution in [1.29, 1.82) is 0 Å². The first-order valence-corrected chi connectivity index (χ1v) is 11.2. The van der Waals surface area contributed by atoms with Crippen LogP contribution in [0.5, 0.6) is 5.75 Å². The SMILES string of the molecule is CN(C)C(=O)c1ccc(O)c2c1C[C@H]1C[C@H]3C(N(C)C)C(=O)C(C(N)=O)C(=O)[C@@]3(O)C(=O)C1C2=O. The Labute approximate surface area is 200 Å². The van der Waals surface area contributed by atoms with Gasteiger partial charge in [-0.25, -0.2) is 0 Å². The Kier molecular flexibility index (Phi) is 5.68. The zero-order chi connectivity index (χ0) is 26.1. The zero-order valence-corrected chi connectivity index (χ0v) is 19.8. The predicted octanol–water partition coefficient (Wildman–Crippen LogP) is -1.43. The van der Waals surface area contributed by atoms with Crippen LogP contribution in [0.2, 0.25) is 0 Å². The number of hydrogen-bond donors (Lipinski definition) is 3. The number of nitrogens with zero attached hydrogens (tertiary/aromatic N) is 2. The summed E-state index contributed by atoms with van der Waals surface area (Å²) in [6.07, 6.45) is -0.0374. The van der Waals surface area contributed by atoms with E-state index in [-0.39, 0.29) is 29.5 Å². The number of rotatable bonds is 3. The number of fused-ring (bicyclic) bond motifs is 3. The number of ketones is 4. The first-order valence-electron chi connectivity index (χ1n) is 11.2. The van der Waals surface area contributed by atoms with Crippen LogP contribution in [0, 0.1) is 23.7 Å². The maximum Gasteiger partial charge on any atom is 0.253 e. The highest BCUT2D eigenvalue weighted by Crippen LogP contribution is 2.51. The molecule has 0 spiro atoms. The van der Waals surface area contributed by atoms with Gasteiger partial charge in [-0.2, -0.15) is 0 Å². The van der Waals surface area contributed by atoms with Gasteiger partial charge in [0.1, 0.15) is 5.75 Å². The number of hydrogen-bond acceptors (Lipinski definition) is 9. The van der Waals surface area contributed by atoms with Gasteiger partial charge in [-0.05, 0) is 50.6 Å². The van der Waals surface area contributed by atoms with Crippen molar-refractivity contribution in [3.8, 4) is 5.75 Å². The molecule has 1 aromatic rings. The van der Waals surface area contributed by atoms with Crippen molar-refractivity contribution in [3.63, 3.8) is 0 Å². The van der Waals surface area contributed by atoms with E-state index in [9.17, 15) is 39.0 Å². The molecule has 11 nitrogen and oxygen atoms in total. The number of carbonyl (C=O) groups excluding carboxylic acids is 6. The summed E-state index contributed by atoms with van der Waals surface area (Å²) in [7, 11) is 6.10. The van der Waals surface area contributed by atoms with Crippen molar-refractivity contribution in [2.75, 3.05) is 28.2 Å². The maximum absolute atomic E-state index is 13.7. The molecule has 35 heavy (non-hydrogen) atoms. The number of amides is 2. The van der Waals surface area contributed by atoms with Crippen molar-refractivity contribution < 1.29 is 39.0 Å². The molecule has 11 heteroatoms. The van der Waals surface area contributed by atoms with E-state index in [1.165, 1.54) is 50.1 Å². The fourth-order valence-corrected chi connectivity index (χ4v) is 6.05. The highest BCUT2D eigenvalue weighted by molar-refractivity contribution is 6.32. The first kappa shape index (κ1) is 24.7. The van der Waals surface area contributed by atoms with Crippen LogP contribution in [0.1, 0.15) is 32.7 Å². The molecular weight excluding hydrogens is 458 g/mol. The van der Waals surface area contributed by atoms with Gasteiger partial charge < -0.3 is 20.8 Å². The van der Waals surface area contributed by atoms with Crippen LogP contribution in [0.25, 0.3) is 0 Å². The Morgan fingerprint density at radius 1 is 1.06 bits per heavy atom. The molecule has 0 aromatic heterocycles. The Balaban J connectivity index is 1.89. The number of aliphatic hydroxyl groups is 1. The summed E-state index contributed by atoms with van der Waals surface area (Å²) in [5.41, 5.74) is 2.78. The third-order valence-corrected chi connectivity index (χ3v) is 7.58. The van der Waals surface area contributed by atoms with Gasteiger partial charge in [0.05, 0.1) is 17.5 Å². The maximum atomic E-state index is 13.7. The van der Waals surface area contributed by atoms with Gasteiger partial charge in [0.25, 0.3) is 5.91 Å². The molecule has 3 aliphatic carbocycles. The summed E-state index contributed by atoms with van der Waals surface area (Å²) < 4.78 is 0. The molecule has 4 N–H and O–H groups in total. The summed E-state index contributed by atoms with van der Waals surface area (Å²) >= 11 is 0. The van der Waals surface area contributed by atoms with Crippen LogP contribution in [0.15, 0.2) is 12.1 Å². The largest absolute Gasteiger partial charge is 0.507 e.